The highest BCUT2D eigenvalue weighted by Gasteiger charge is 2.34. The van der Waals surface area contributed by atoms with Gasteiger partial charge >= 0.3 is 11.9 Å². The number of fused-ring (bicyclic) bond motifs is 1. The topological polar surface area (TPSA) is 148 Å². The van der Waals surface area contributed by atoms with E-state index >= 15 is 0 Å². The van der Waals surface area contributed by atoms with Crippen LogP contribution >= 0.6 is 33.9 Å². The number of hydrogen-bond donors (Lipinski definition) is 0. The lowest BCUT2D eigenvalue weighted by atomic mass is 9.95. The molecular formula is C37H34IN3O9S. The SMILES string of the molecule is CCOC(=O)C1=C(C)N=c2s/c(=C/c3cc(I)c(OCc4ccc(C#N)cc4)c(OC)c3)c(=O)n2[C@@H]1c1ccc(OCC(=O)OC)c(OCC)c1. The minimum atomic E-state index is -0.899. The van der Waals surface area contributed by atoms with E-state index < -0.39 is 18.0 Å². The molecule has 0 saturated carbocycles. The first-order chi connectivity index (χ1) is 24.6. The van der Waals surface area contributed by atoms with Gasteiger partial charge in [0.15, 0.2) is 34.4 Å². The van der Waals surface area contributed by atoms with Gasteiger partial charge in [-0.25, -0.2) is 14.6 Å². The number of methoxy groups -OCH3 is 2. The van der Waals surface area contributed by atoms with Gasteiger partial charge in [0.1, 0.15) is 6.61 Å². The molecule has 0 saturated heterocycles. The quantitative estimate of drug-likeness (QED) is 0.136. The molecule has 0 bridgehead atoms. The molecule has 0 radical (unpaired) electrons. The summed E-state index contributed by atoms with van der Waals surface area (Å²) in [6.07, 6.45) is 1.74. The average Bonchev–Trinajstić information content (AvgIpc) is 3.43. The number of aromatic nitrogens is 1. The van der Waals surface area contributed by atoms with Gasteiger partial charge in [0.2, 0.25) is 0 Å². The van der Waals surface area contributed by atoms with Gasteiger partial charge in [-0.3, -0.25) is 9.36 Å². The van der Waals surface area contributed by atoms with Crippen molar-refractivity contribution < 1.29 is 38.0 Å². The molecule has 5 rings (SSSR count). The Balaban J connectivity index is 1.57. The molecule has 0 N–H and O–H groups in total. The molecule has 14 heteroatoms. The van der Waals surface area contributed by atoms with Crippen LogP contribution in [0.2, 0.25) is 0 Å². The van der Waals surface area contributed by atoms with Crippen molar-refractivity contribution >= 4 is 51.9 Å². The highest BCUT2D eigenvalue weighted by atomic mass is 127. The Hall–Kier alpha value is -5.14. The second-order valence-electron chi connectivity index (χ2n) is 10.9. The van der Waals surface area contributed by atoms with E-state index in [0.29, 0.717) is 61.3 Å². The highest BCUT2D eigenvalue weighted by molar-refractivity contribution is 14.1. The molecular weight excluding hydrogens is 789 g/mol. The Kier molecular flexibility index (Phi) is 12.2. The van der Waals surface area contributed by atoms with E-state index in [-0.39, 0.29) is 31.0 Å². The Morgan fingerprint density at radius 3 is 2.43 bits per heavy atom. The van der Waals surface area contributed by atoms with Crippen molar-refractivity contribution in [2.24, 2.45) is 4.99 Å². The zero-order chi connectivity index (χ0) is 36.7. The van der Waals surface area contributed by atoms with Crippen molar-refractivity contribution in [3.63, 3.8) is 0 Å². The minimum absolute atomic E-state index is 0.130. The van der Waals surface area contributed by atoms with Crippen molar-refractivity contribution in [2.75, 3.05) is 34.0 Å². The lowest BCUT2D eigenvalue weighted by Crippen LogP contribution is -2.40. The number of ether oxygens (including phenoxy) is 6. The largest absolute Gasteiger partial charge is 0.493 e. The predicted molar refractivity (Wildman–Crippen MR) is 197 cm³/mol. The number of hydrogen-bond acceptors (Lipinski definition) is 12. The smallest absolute Gasteiger partial charge is 0.343 e. The summed E-state index contributed by atoms with van der Waals surface area (Å²) in [5.41, 5.74) is 2.95. The summed E-state index contributed by atoms with van der Waals surface area (Å²) in [6, 6.07) is 17.0. The van der Waals surface area contributed by atoms with Gasteiger partial charge in [-0.2, -0.15) is 5.26 Å². The third-order valence-electron chi connectivity index (χ3n) is 7.69. The van der Waals surface area contributed by atoms with Crippen molar-refractivity contribution in [1.29, 1.82) is 5.26 Å². The first-order valence-electron chi connectivity index (χ1n) is 15.8. The fraction of sp³-hybridized carbons (Fsp3) is 0.270. The molecule has 0 unspecified atom stereocenters. The van der Waals surface area contributed by atoms with E-state index in [1.165, 1.54) is 23.0 Å². The molecule has 51 heavy (non-hydrogen) atoms. The van der Waals surface area contributed by atoms with Crippen LogP contribution in [-0.4, -0.2) is 50.5 Å². The maximum atomic E-state index is 14.3. The summed E-state index contributed by atoms with van der Waals surface area (Å²) in [5, 5.41) is 9.07. The Labute approximate surface area is 311 Å². The van der Waals surface area contributed by atoms with Crippen LogP contribution < -0.4 is 33.8 Å². The maximum Gasteiger partial charge on any atom is 0.343 e. The molecule has 264 valence electrons. The van der Waals surface area contributed by atoms with Crippen molar-refractivity contribution in [3.8, 4) is 29.1 Å². The third-order valence-corrected chi connectivity index (χ3v) is 9.47. The van der Waals surface area contributed by atoms with Crippen LogP contribution in [0.5, 0.6) is 23.0 Å². The first kappa shape index (κ1) is 37.1. The van der Waals surface area contributed by atoms with Crippen LogP contribution in [0.25, 0.3) is 6.08 Å². The zero-order valence-corrected chi connectivity index (χ0v) is 31.5. The monoisotopic (exact) mass is 823 g/mol. The zero-order valence-electron chi connectivity index (χ0n) is 28.5. The molecule has 12 nitrogen and oxygen atoms in total. The molecule has 1 atom stereocenters. The molecule has 0 fully saturated rings. The van der Waals surface area contributed by atoms with Gasteiger partial charge in [-0.15, -0.1) is 0 Å². The molecule has 3 aromatic carbocycles. The fourth-order valence-electron chi connectivity index (χ4n) is 5.33. The number of carbonyl (C=O) groups excluding carboxylic acids is 2. The van der Waals surface area contributed by atoms with E-state index in [4.69, 9.17) is 28.9 Å². The van der Waals surface area contributed by atoms with Gasteiger partial charge in [0, 0.05) is 0 Å². The van der Waals surface area contributed by atoms with Crippen molar-refractivity contribution in [1.82, 2.24) is 4.57 Å². The van der Waals surface area contributed by atoms with E-state index in [2.05, 4.69) is 38.4 Å². The van der Waals surface area contributed by atoms with Gasteiger partial charge in [0.05, 0.1) is 64.5 Å². The molecule has 1 aromatic heterocycles. The second-order valence-corrected chi connectivity index (χ2v) is 13.1. The van der Waals surface area contributed by atoms with Crippen LogP contribution in [-0.2, 0) is 25.7 Å². The van der Waals surface area contributed by atoms with E-state index in [1.54, 1.807) is 70.4 Å². The number of halogens is 1. The van der Waals surface area contributed by atoms with Crippen LogP contribution in [0.3, 0.4) is 0 Å². The minimum Gasteiger partial charge on any atom is -0.493 e. The summed E-state index contributed by atoms with van der Waals surface area (Å²) in [6.45, 7) is 5.58. The summed E-state index contributed by atoms with van der Waals surface area (Å²) >= 11 is 3.35. The molecule has 1 aliphatic rings. The van der Waals surface area contributed by atoms with E-state index in [9.17, 15) is 14.4 Å². The standard InChI is InChI=1S/C37H34IN3O9S/c1-6-47-28-17-25(12-13-27(28)49-20-31(42)46-5)33-32(36(44)48-7-2)21(3)40-37-41(33)35(43)30(51-37)16-24-14-26(38)34(29(15-24)45-4)50-19-23-10-8-22(18-39)9-11-23/h8-17,33H,6-7,19-20H2,1-5H3/b30-16+/t33-/m1/s1. The number of carbonyl (C=O) groups is 2. The van der Waals surface area contributed by atoms with Crippen LogP contribution in [0.15, 0.2) is 75.7 Å². The molecule has 2 heterocycles. The maximum absolute atomic E-state index is 14.3. The summed E-state index contributed by atoms with van der Waals surface area (Å²) in [4.78, 5) is 44.5. The summed E-state index contributed by atoms with van der Waals surface area (Å²) in [5.74, 6) is 0.477. The van der Waals surface area contributed by atoms with Crippen LogP contribution in [0.4, 0.5) is 0 Å². The summed E-state index contributed by atoms with van der Waals surface area (Å²) < 4.78 is 36.0. The van der Waals surface area contributed by atoms with E-state index in [0.717, 1.165) is 9.13 Å². The highest BCUT2D eigenvalue weighted by Crippen LogP contribution is 2.37. The molecule has 4 aromatic rings. The van der Waals surface area contributed by atoms with Crippen LogP contribution in [0, 0.1) is 14.9 Å². The van der Waals surface area contributed by atoms with Gasteiger partial charge in [-0.05, 0) is 103 Å². The first-order valence-corrected chi connectivity index (χ1v) is 17.7. The number of thiazole rings is 1. The molecule has 0 spiro atoms. The Morgan fingerprint density at radius 1 is 1.00 bits per heavy atom. The van der Waals surface area contributed by atoms with Gasteiger partial charge < -0.3 is 28.4 Å². The van der Waals surface area contributed by atoms with Gasteiger partial charge in [-0.1, -0.05) is 29.5 Å². The third kappa shape index (κ3) is 8.26. The number of allylic oxidation sites excluding steroid dienone is 1. The van der Waals surface area contributed by atoms with Crippen LogP contribution in [0.1, 0.15) is 49.1 Å². The molecule has 0 amide bonds. The summed E-state index contributed by atoms with van der Waals surface area (Å²) in [7, 11) is 2.81. The Bertz CT molecular complexity index is 2220. The number of nitriles is 1. The second kappa shape index (κ2) is 16.7. The fourth-order valence-corrected chi connectivity index (χ4v) is 7.16. The van der Waals surface area contributed by atoms with Crippen molar-refractivity contribution in [2.45, 2.75) is 33.4 Å². The lowest BCUT2D eigenvalue weighted by Gasteiger charge is -2.25. The predicted octanol–water partition coefficient (Wildman–Crippen LogP) is 4.81. The number of rotatable bonds is 13. The molecule has 0 aliphatic carbocycles. The van der Waals surface area contributed by atoms with E-state index in [1.807, 2.05) is 18.2 Å². The van der Waals surface area contributed by atoms with Crippen molar-refractivity contribution in [3.05, 3.63) is 111 Å². The normalized spacial score (nSPS) is 13.8. The number of benzene rings is 3. The number of nitrogens with zero attached hydrogens (tertiary/aromatic N) is 3. The van der Waals surface area contributed by atoms with Gasteiger partial charge in [0.25, 0.3) is 5.56 Å². The molecule has 1 aliphatic heterocycles. The lowest BCUT2D eigenvalue weighted by molar-refractivity contribution is -0.143. The number of esters is 2. The Morgan fingerprint density at radius 2 is 1.76 bits per heavy atom. The average molecular weight is 824 g/mol.